The van der Waals surface area contributed by atoms with E-state index in [1.807, 2.05) is 6.08 Å². The maximum atomic E-state index is 12.5. The minimum atomic E-state index is -4.24. The van der Waals surface area contributed by atoms with E-state index in [2.05, 4.69) is 0 Å². The van der Waals surface area contributed by atoms with Gasteiger partial charge in [-0.3, -0.25) is 0 Å². The molecule has 0 aromatic carbocycles. The van der Waals surface area contributed by atoms with Crippen LogP contribution in [0.25, 0.3) is 0 Å². The first-order valence-corrected chi connectivity index (χ1v) is 4.47. The van der Waals surface area contributed by atoms with Crippen LogP contribution in [0.1, 0.15) is 20.8 Å². The number of halogens is 3. The first-order chi connectivity index (χ1) is 6.32. The van der Waals surface area contributed by atoms with Crippen molar-refractivity contribution in [3.8, 4) is 0 Å². The van der Waals surface area contributed by atoms with E-state index < -0.39 is 11.7 Å². The van der Waals surface area contributed by atoms with E-state index in [1.54, 1.807) is 13.8 Å². The van der Waals surface area contributed by atoms with Gasteiger partial charge in [0.05, 0.1) is 5.57 Å². The third kappa shape index (κ3) is 2.28. The molecule has 0 radical (unpaired) electrons. The van der Waals surface area contributed by atoms with E-state index in [0.717, 1.165) is 11.6 Å². The summed E-state index contributed by atoms with van der Waals surface area (Å²) in [5, 5.41) is 0. The zero-order valence-electron chi connectivity index (χ0n) is 8.44. The van der Waals surface area contributed by atoms with Crippen molar-refractivity contribution < 1.29 is 13.2 Å². The standard InChI is InChI=1S/C11H13F3/c1-7-4-5-10(11(12,13)14)9(3)8(2)6-7/h4-6,8H,1-3H3. The van der Waals surface area contributed by atoms with Crippen LogP contribution in [0.4, 0.5) is 13.2 Å². The first-order valence-electron chi connectivity index (χ1n) is 4.47. The quantitative estimate of drug-likeness (QED) is 0.556. The Balaban J connectivity index is 3.18. The Bertz CT molecular complexity index is 316. The lowest BCUT2D eigenvalue weighted by Gasteiger charge is -2.14. The second-order valence-electron chi connectivity index (χ2n) is 3.63. The zero-order valence-corrected chi connectivity index (χ0v) is 8.44. The highest BCUT2D eigenvalue weighted by atomic mass is 19.4. The zero-order chi connectivity index (χ0) is 10.9. The summed E-state index contributed by atoms with van der Waals surface area (Å²) in [5.74, 6) is -0.151. The molecule has 14 heavy (non-hydrogen) atoms. The SMILES string of the molecule is CC1=CC(C)C(C)=C(C(F)(F)F)C=C1. The highest BCUT2D eigenvalue weighted by Gasteiger charge is 2.34. The summed E-state index contributed by atoms with van der Waals surface area (Å²) >= 11 is 0. The van der Waals surface area contributed by atoms with Crippen molar-refractivity contribution in [3.05, 3.63) is 34.9 Å². The van der Waals surface area contributed by atoms with Crippen molar-refractivity contribution >= 4 is 0 Å². The monoisotopic (exact) mass is 202 g/mol. The summed E-state index contributed by atoms with van der Waals surface area (Å²) in [6.07, 6.45) is 0.262. The van der Waals surface area contributed by atoms with Crippen LogP contribution in [0.3, 0.4) is 0 Å². The summed E-state index contributed by atoms with van der Waals surface area (Å²) in [6, 6.07) is 0. The number of rotatable bonds is 0. The van der Waals surface area contributed by atoms with Crippen LogP contribution in [0.5, 0.6) is 0 Å². The molecule has 0 spiro atoms. The summed E-state index contributed by atoms with van der Waals surface area (Å²) in [4.78, 5) is 0. The molecule has 0 aromatic rings. The predicted octanol–water partition coefficient (Wildman–Crippen LogP) is 4.02. The molecule has 0 aliphatic heterocycles. The summed E-state index contributed by atoms with van der Waals surface area (Å²) < 4.78 is 37.6. The Kier molecular flexibility index (Phi) is 2.88. The molecule has 0 amide bonds. The maximum Gasteiger partial charge on any atom is 0.416 e. The Morgan fingerprint density at radius 3 is 2.21 bits per heavy atom. The number of hydrogen-bond donors (Lipinski definition) is 0. The van der Waals surface area contributed by atoms with Gasteiger partial charge < -0.3 is 0 Å². The molecule has 0 fully saturated rings. The van der Waals surface area contributed by atoms with Gasteiger partial charge in [-0.1, -0.05) is 30.2 Å². The van der Waals surface area contributed by atoms with E-state index in [1.165, 1.54) is 13.0 Å². The van der Waals surface area contributed by atoms with Gasteiger partial charge in [-0.15, -0.1) is 0 Å². The molecule has 0 saturated carbocycles. The fraction of sp³-hybridized carbons (Fsp3) is 0.455. The second kappa shape index (κ2) is 3.64. The largest absolute Gasteiger partial charge is 0.416 e. The number of alkyl halides is 3. The van der Waals surface area contributed by atoms with Gasteiger partial charge in [0.15, 0.2) is 0 Å². The van der Waals surface area contributed by atoms with Crippen LogP contribution in [0.15, 0.2) is 34.9 Å². The number of allylic oxidation sites excluding steroid dienone is 6. The molecule has 0 aromatic heterocycles. The van der Waals surface area contributed by atoms with Crippen molar-refractivity contribution in [2.24, 2.45) is 5.92 Å². The van der Waals surface area contributed by atoms with Crippen LogP contribution in [0.2, 0.25) is 0 Å². The highest BCUT2D eigenvalue weighted by Crippen LogP contribution is 2.34. The minimum Gasteiger partial charge on any atom is -0.166 e. The lowest BCUT2D eigenvalue weighted by atomic mass is 9.97. The molecule has 0 N–H and O–H groups in total. The van der Waals surface area contributed by atoms with Crippen LogP contribution in [-0.2, 0) is 0 Å². The van der Waals surface area contributed by atoms with Gasteiger partial charge >= 0.3 is 6.18 Å². The Morgan fingerprint density at radius 2 is 1.71 bits per heavy atom. The molecule has 1 atom stereocenters. The third-order valence-corrected chi connectivity index (χ3v) is 2.44. The molecular weight excluding hydrogens is 189 g/mol. The fourth-order valence-electron chi connectivity index (χ4n) is 1.48. The minimum absolute atomic E-state index is 0.151. The normalized spacial score (nSPS) is 23.6. The molecule has 0 saturated heterocycles. The molecule has 1 aliphatic carbocycles. The third-order valence-electron chi connectivity index (χ3n) is 2.44. The summed E-state index contributed by atoms with van der Waals surface area (Å²) in [7, 11) is 0. The Hall–Kier alpha value is -0.990. The smallest absolute Gasteiger partial charge is 0.166 e. The van der Waals surface area contributed by atoms with Crippen LogP contribution < -0.4 is 0 Å². The van der Waals surface area contributed by atoms with Crippen molar-refractivity contribution in [3.63, 3.8) is 0 Å². The number of hydrogen-bond acceptors (Lipinski definition) is 0. The van der Waals surface area contributed by atoms with Crippen molar-refractivity contribution in [1.29, 1.82) is 0 Å². The highest BCUT2D eigenvalue weighted by molar-refractivity contribution is 5.39. The van der Waals surface area contributed by atoms with Gasteiger partial charge in [-0.2, -0.15) is 13.2 Å². The van der Waals surface area contributed by atoms with Crippen LogP contribution in [0, 0.1) is 5.92 Å². The fourth-order valence-corrected chi connectivity index (χ4v) is 1.48. The second-order valence-corrected chi connectivity index (χ2v) is 3.63. The summed E-state index contributed by atoms with van der Waals surface area (Å²) in [6.45, 7) is 5.12. The molecule has 1 rings (SSSR count). The van der Waals surface area contributed by atoms with Crippen molar-refractivity contribution in [2.45, 2.75) is 26.9 Å². The topological polar surface area (TPSA) is 0 Å². The van der Waals surface area contributed by atoms with Gasteiger partial charge in [0.1, 0.15) is 0 Å². The van der Waals surface area contributed by atoms with Crippen molar-refractivity contribution in [1.82, 2.24) is 0 Å². The van der Waals surface area contributed by atoms with E-state index in [9.17, 15) is 13.2 Å². The van der Waals surface area contributed by atoms with Crippen molar-refractivity contribution in [2.75, 3.05) is 0 Å². The molecule has 0 nitrogen and oxygen atoms in total. The van der Waals surface area contributed by atoms with E-state index in [4.69, 9.17) is 0 Å². The predicted molar refractivity (Wildman–Crippen MR) is 50.8 cm³/mol. The van der Waals surface area contributed by atoms with Gasteiger partial charge in [-0.05, 0) is 25.8 Å². The van der Waals surface area contributed by atoms with Gasteiger partial charge in [0.2, 0.25) is 0 Å². The van der Waals surface area contributed by atoms with Gasteiger partial charge in [-0.25, -0.2) is 0 Å². The molecule has 1 unspecified atom stereocenters. The van der Waals surface area contributed by atoms with E-state index in [0.29, 0.717) is 5.57 Å². The molecule has 3 heteroatoms. The maximum absolute atomic E-state index is 12.5. The Labute approximate surface area is 81.8 Å². The van der Waals surface area contributed by atoms with Crippen LogP contribution >= 0.6 is 0 Å². The molecule has 78 valence electrons. The summed E-state index contributed by atoms with van der Waals surface area (Å²) in [5.41, 5.74) is 0.736. The van der Waals surface area contributed by atoms with E-state index >= 15 is 0 Å². The lowest BCUT2D eigenvalue weighted by molar-refractivity contribution is -0.0892. The molecule has 0 bridgehead atoms. The molecular formula is C11H13F3. The Morgan fingerprint density at radius 1 is 1.14 bits per heavy atom. The van der Waals surface area contributed by atoms with E-state index in [-0.39, 0.29) is 5.92 Å². The molecule has 0 heterocycles. The molecule has 1 aliphatic rings. The first kappa shape index (κ1) is 11.1. The van der Waals surface area contributed by atoms with Gasteiger partial charge in [0, 0.05) is 0 Å². The van der Waals surface area contributed by atoms with Gasteiger partial charge in [0.25, 0.3) is 0 Å². The average molecular weight is 202 g/mol. The average Bonchev–Trinajstić information content (AvgIpc) is 2.11. The van der Waals surface area contributed by atoms with Crippen LogP contribution in [-0.4, -0.2) is 6.18 Å². The lowest BCUT2D eigenvalue weighted by Crippen LogP contribution is -2.13.